The SMILES string of the molecule is O=C(O)c1cc2cc(N3CCOCC3)ccc2n1Cc1ccc(Cl)c(Cl)c1. The Balaban J connectivity index is 1.74. The lowest BCUT2D eigenvalue weighted by Crippen LogP contribution is -2.36. The monoisotopic (exact) mass is 404 g/mol. The highest BCUT2D eigenvalue weighted by Gasteiger charge is 2.17. The van der Waals surface area contributed by atoms with Crippen LogP contribution in [0.2, 0.25) is 10.0 Å². The molecular formula is C20H18Cl2N2O3. The number of benzene rings is 2. The summed E-state index contributed by atoms with van der Waals surface area (Å²) in [7, 11) is 0. The number of anilines is 1. The Kier molecular flexibility index (Phi) is 5.00. The smallest absolute Gasteiger partial charge is 0.352 e. The van der Waals surface area contributed by atoms with E-state index < -0.39 is 5.97 Å². The summed E-state index contributed by atoms with van der Waals surface area (Å²) in [5, 5.41) is 11.5. The van der Waals surface area contributed by atoms with Crippen molar-refractivity contribution < 1.29 is 14.6 Å². The zero-order valence-electron chi connectivity index (χ0n) is 14.5. The summed E-state index contributed by atoms with van der Waals surface area (Å²) in [6.07, 6.45) is 0. The van der Waals surface area contributed by atoms with Gasteiger partial charge in [0.25, 0.3) is 0 Å². The predicted octanol–water partition coefficient (Wildman–Crippen LogP) is 4.53. The second-order valence-corrected chi connectivity index (χ2v) is 7.33. The number of fused-ring (bicyclic) bond motifs is 1. The Morgan fingerprint density at radius 3 is 2.52 bits per heavy atom. The van der Waals surface area contributed by atoms with E-state index in [1.807, 2.05) is 24.3 Å². The molecule has 4 rings (SSSR count). The van der Waals surface area contributed by atoms with Crippen molar-refractivity contribution in [1.29, 1.82) is 0 Å². The molecule has 2 heterocycles. The van der Waals surface area contributed by atoms with Crippen molar-refractivity contribution in [3.05, 3.63) is 63.8 Å². The molecule has 27 heavy (non-hydrogen) atoms. The van der Waals surface area contributed by atoms with Crippen molar-refractivity contribution in [3.8, 4) is 0 Å². The van der Waals surface area contributed by atoms with Gasteiger partial charge < -0.3 is 19.3 Å². The number of rotatable bonds is 4. The van der Waals surface area contributed by atoms with Crippen LogP contribution in [0.5, 0.6) is 0 Å². The van der Waals surface area contributed by atoms with Crippen LogP contribution in [0.3, 0.4) is 0 Å². The van der Waals surface area contributed by atoms with Crippen molar-refractivity contribution in [2.45, 2.75) is 6.54 Å². The molecule has 1 N–H and O–H groups in total. The van der Waals surface area contributed by atoms with E-state index in [1.165, 1.54) is 0 Å². The number of halogens is 2. The molecule has 3 aromatic rings. The number of aromatic carboxylic acids is 1. The zero-order chi connectivity index (χ0) is 19.0. The number of carbonyl (C=O) groups is 1. The quantitative estimate of drug-likeness (QED) is 0.693. The average Bonchev–Trinajstić information content (AvgIpc) is 3.03. The van der Waals surface area contributed by atoms with E-state index in [9.17, 15) is 9.90 Å². The summed E-state index contributed by atoms with van der Waals surface area (Å²) in [5.74, 6) is -0.959. The molecule has 0 spiro atoms. The molecule has 0 unspecified atom stereocenters. The van der Waals surface area contributed by atoms with Crippen LogP contribution in [-0.4, -0.2) is 41.9 Å². The van der Waals surface area contributed by atoms with Gasteiger partial charge in [-0.3, -0.25) is 0 Å². The summed E-state index contributed by atoms with van der Waals surface area (Å²) in [6.45, 7) is 3.48. The third-order valence-electron chi connectivity index (χ3n) is 4.80. The molecule has 0 aliphatic carbocycles. The first-order chi connectivity index (χ1) is 13.0. The molecule has 2 aromatic carbocycles. The van der Waals surface area contributed by atoms with E-state index in [2.05, 4.69) is 4.90 Å². The molecule has 5 nitrogen and oxygen atoms in total. The highest BCUT2D eigenvalue weighted by atomic mass is 35.5. The highest BCUT2D eigenvalue weighted by Crippen LogP contribution is 2.28. The molecule has 1 fully saturated rings. The molecule has 0 saturated carbocycles. The van der Waals surface area contributed by atoms with Crippen molar-refractivity contribution >= 4 is 45.8 Å². The minimum absolute atomic E-state index is 0.246. The number of nitrogens with zero attached hydrogens (tertiary/aromatic N) is 2. The molecule has 0 radical (unpaired) electrons. The van der Waals surface area contributed by atoms with Crippen LogP contribution in [0.4, 0.5) is 5.69 Å². The van der Waals surface area contributed by atoms with E-state index in [0.29, 0.717) is 29.8 Å². The fourth-order valence-corrected chi connectivity index (χ4v) is 3.77. The van der Waals surface area contributed by atoms with E-state index in [1.54, 1.807) is 22.8 Å². The fourth-order valence-electron chi connectivity index (χ4n) is 3.44. The van der Waals surface area contributed by atoms with Crippen LogP contribution in [0.25, 0.3) is 10.9 Å². The third-order valence-corrected chi connectivity index (χ3v) is 5.54. The third kappa shape index (κ3) is 3.63. The van der Waals surface area contributed by atoms with Crippen molar-refractivity contribution in [2.75, 3.05) is 31.2 Å². The summed E-state index contributed by atoms with van der Waals surface area (Å²) in [4.78, 5) is 14.0. The molecule has 1 aliphatic rings. The van der Waals surface area contributed by atoms with Gasteiger partial charge in [0.1, 0.15) is 5.69 Å². The van der Waals surface area contributed by atoms with Gasteiger partial charge >= 0.3 is 5.97 Å². The summed E-state index contributed by atoms with van der Waals surface area (Å²) < 4.78 is 7.20. The van der Waals surface area contributed by atoms with Crippen molar-refractivity contribution in [3.63, 3.8) is 0 Å². The molecular weight excluding hydrogens is 387 g/mol. The Morgan fingerprint density at radius 1 is 1.04 bits per heavy atom. The predicted molar refractivity (Wildman–Crippen MR) is 107 cm³/mol. The largest absolute Gasteiger partial charge is 0.477 e. The van der Waals surface area contributed by atoms with Crippen molar-refractivity contribution in [1.82, 2.24) is 4.57 Å². The van der Waals surface area contributed by atoms with Crippen LogP contribution in [0.15, 0.2) is 42.5 Å². The Bertz CT molecular complexity index is 1010. The lowest BCUT2D eigenvalue weighted by Gasteiger charge is -2.28. The normalized spacial score (nSPS) is 14.7. The number of hydrogen-bond donors (Lipinski definition) is 1. The van der Waals surface area contributed by atoms with E-state index in [-0.39, 0.29) is 5.69 Å². The maximum atomic E-state index is 11.8. The zero-order valence-corrected chi connectivity index (χ0v) is 16.0. The number of aromatic nitrogens is 1. The minimum atomic E-state index is -0.959. The number of morpholine rings is 1. The van der Waals surface area contributed by atoms with Gasteiger partial charge in [0.2, 0.25) is 0 Å². The average molecular weight is 405 g/mol. The lowest BCUT2D eigenvalue weighted by molar-refractivity contribution is 0.0686. The fraction of sp³-hybridized carbons (Fsp3) is 0.250. The van der Waals surface area contributed by atoms with E-state index >= 15 is 0 Å². The molecule has 0 bridgehead atoms. The second-order valence-electron chi connectivity index (χ2n) is 6.51. The van der Waals surface area contributed by atoms with Gasteiger partial charge in [-0.25, -0.2) is 4.79 Å². The van der Waals surface area contributed by atoms with Crippen LogP contribution in [-0.2, 0) is 11.3 Å². The molecule has 1 saturated heterocycles. The molecule has 1 aromatic heterocycles. The van der Waals surface area contributed by atoms with Crippen LogP contribution < -0.4 is 4.90 Å². The van der Waals surface area contributed by atoms with Crippen LogP contribution in [0.1, 0.15) is 16.1 Å². The molecule has 0 amide bonds. The Hall–Kier alpha value is -2.21. The van der Waals surface area contributed by atoms with E-state index in [0.717, 1.165) is 35.2 Å². The molecule has 7 heteroatoms. The maximum absolute atomic E-state index is 11.8. The summed E-state index contributed by atoms with van der Waals surface area (Å²) in [6, 6.07) is 13.1. The van der Waals surface area contributed by atoms with Crippen LogP contribution in [0, 0.1) is 0 Å². The van der Waals surface area contributed by atoms with E-state index in [4.69, 9.17) is 27.9 Å². The second kappa shape index (κ2) is 7.43. The molecule has 0 atom stereocenters. The van der Waals surface area contributed by atoms with Gasteiger partial charge in [-0.2, -0.15) is 0 Å². The van der Waals surface area contributed by atoms with Gasteiger partial charge in [0, 0.05) is 36.2 Å². The number of ether oxygens (including phenoxy) is 1. The Morgan fingerprint density at radius 2 is 1.81 bits per heavy atom. The van der Waals surface area contributed by atoms with Gasteiger partial charge in [0.15, 0.2) is 0 Å². The van der Waals surface area contributed by atoms with Gasteiger partial charge in [-0.15, -0.1) is 0 Å². The number of hydrogen-bond acceptors (Lipinski definition) is 3. The summed E-state index contributed by atoms with van der Waals surface area (Å²) >= 11 is 12.1. The first kappa shape index (κ1) is 18.2. The minimum Gasteiger partial charge on any atom is -0.477 e. The van der Waals surface area contributed by atoms with Gasteiger partial charge in [-0.1, -0.05) is 29.3 Å². The number of carboxylic acids is 1. The first-order valence-corrected chi connectivity index (χ1v) is 9.42. The Labute approximate surface area is 166 Å². The lowest BCUT2D eigenvalue weighted by atomic mass is 10.2. The highest BCUT2D eigenvalue weighted by molar-refractivity contribution is 6.42. The molecule has 1 aliphatic heterocycles. The van der Waals surface area contributed by atoms with Crippen molar-refractivity contribution in [2.24, 2.45) is 0 Å². The topological polar surface area (TPSA) is 54.7 Å². The van der Waals surface area contributed by atoms with Crippen LogP contribution >= 0.6 is 23.2 Å². The first-order valence-electron chi connectivity index (χ1n) is 8.66. The summed E-state index contributed by atoms with van der Waals surface area (Å²) in [5.41, 5.74) is 3.08. The number of carboxylic acid groups (broad SMARTS) is 1. The van der Waals surface area contributed by atoms with Gasteiger partial charge in [-0.05, 0) is 42.0 Å². The standard InChI is InChI=1S/C20H18Cl2N2O3/c21-16-3-1-13(9-17(16)22)12-24-18-4-2-15(23-5-7-27-8-6-23)10-14(18)11-19(24)20(25)26/h1-4,9-11H,5-8,12H2,(H,25,26). The molecule has 140 valence electrons. The maximum Gasteiger partial charge on any atom is 0.352 e. The van der Waals surface area contributed by atoms with Gasteiger partial charge in [0.05, 0.1) is 23.3 Å².